The highest BCUT2D eigenvalue weighted by Crippen LogP contribution is 2.31. The molecule has 4 nitrogen and oxygen atoms in total. The quantitative estimate of drug-likeness (QED) is 0.667. The molecule has 1 atom stereocenters. The molecule has 0 spiro atoms. The summed E-state index contributed by atoms with van der Waals surface area (Å²) in [7, 11) is 0. The lowest BCUT2D eigenvalue weighted by atomic mass is 10.0. The highest BCUT2D eigenvalue weighted by molar-refractivity contribution is 6.05. The van der Waals surface area contributed by atoms with Crippen molar-refractivity contribution in [1.29, 1.82) is 0 Å². The van der Waals surface area contributed by atoms with Crippen molar-refractivity contribution >= 4 is 22.8 Å². The van der Waals surface area contributed by atoms with Crippen LogP contribution in [0.3, 0.4) is 0 Å². The Hall–Kier alpha value is -2.10. The van der Waals surface area contributed by atoms with E-state index in [-0.39, 0.29) is 12.0 Å². The number of hydrogen-bond donors (Lipinski definition) is 0. The molecule has 0 bridgehead atoms. The number of hydrogen-bond acceptors (Lipinski definition) is 3. The molecule has 18 heavy (non-hydrogen) atoms. The number of cyclic esters (lactones) is 1. The van der Waals surface area contributed by atoms with Crippen LogP contribution in [-0.4, -0.2) is 22.5 Å². The predicted octanol–water partition coefficient (Wildman–Crippen LogP) is 2.40. The second-order valence-electron chi connectivity index (χ2n) is 4.62. The van der Waals surface area contributed by atoms with Crippen LogP contribution in [0.1, 0.15) is 34.7 Å². The van der Waals surface area contributed by atoms with Crippen molar-refractivity contribution in [2.24, 2.45) is 0 Å². The van der Waals surface area contributed by atoms with Crippen LogP contribution in [0, 0.1) is 0 Å². The van der Waals surface area contributed by atoms with Gasteiger partial charge in [-0.25, -0.2) is 4.79 Å². The van der Waals surface area contributed by atoms with Gasteiger partial charge in [-0.15, -0.1) is 0 Å². The number of benzene rings is 1. The van der Waals surface area contributed by atoms with E-state index in [4.69, 9.17) is 4.74 Å². The van der Waals surface area contributed by atoms with Crippen LogP contribution in [0.25, 0.3) is 10.9 Å². The fourth-order valence-corrected chi connectivity index (χ4v) is 2.62. The molecule has 4 heteroatoms. The molecule has 2 heterocycles. The van der Waals surface area contributed by atoms with Crippen molar-refractivity contribution in [3.05, 3.63) is 35.5 Å². The zero-order chi connectivity index (χ0) is 12.9. The summed E-state index contributed by atoms with van der Waals surface area (Å²) in [5.74, 6) is -0.575. The molecular formula is C14H13NO3. The Morgan fingerprint density at radius 1 is 1.39 bits per heavy atom. The van der Waals surface area contributed by atoms with E-state index in [9.17, 15) is 9.59 Å². The topological polar surface area (TPSA) is 48.3 Å². The van der Waals surface area contributed by atoms with Crippen LogP contribution >= 0.6 is 0 Å². The molecule has 92 valence electrons. The molecule has 0 N–H and O–H groups in total. The van der Waals surface area contributed by atoms with E-state index in [1.54, 1.807) is 0 Å². The number of para-hydroxylation sites is 1. The second-order valence-corrected chi connectivity index (χ2v) is 4.62. The Labute approximate surface area is 104 Å². The van der Waals surface area contributed by atoms with Gasteiger partial charge in [-0.2, -0.15) is 0 Å². The molecule has 1 aromatic heterocycles. The molecule has 1 aliphatic heterocycles. The first kappa shape index (κ1) is 11.0. The number of fused-ring (bicyclic) bond motifs is 3. The zero-order valence-corrected chi connectivity index (χ0v) is 10.3. The van der Waals surface area contributed by atoms with E-state index in [0.29, 0.717) is 12.1 Å². The van der Waals surface area contributed by atoms with E-state index >= 15 is 0 Å². The maximum Gasteiger partial charge on any atom is 0.356 e. The van der Waals surface area contributed by atoms with Gasteiger partial charge in [-0.3, -0.25) is 9.36 Å². The van der Waals surface area contributed by atoms with E-state index in [0.717, 1.165) is 16.5 Å². The highest BCUT2D eigenvalue weighted by atomic mass is 16.5. The van der Waals surface area contributed by atoms with Crippen molar-refractivity contribution in [1.82, 2.24) is 4.57 Å². The van der Waals surface area contributed by atoms with Gasteiger partial charge in [-0.05, 0) is 18.6 Å². The van der Waals surface area contributed by atoms with Gasteiger partial charge in [-0.1, -0.05) is 18.2 Å². The van der Waals surface area contributed by atoms with Gasteiger partial charge < -0.3 is 4.74 Å². The number of ether oxygens (including phenoxy) is 1. The standard InChI is InChI=1S/C14H13NO3/c1-8-7-11-10-5-3-4-6-12(10)15(9(2)16)13(11)14(17)18-8/h3-6,8H,7H2,1-2H3. The average molecular weight is 243 g/mol. The van der Waals surface area contributed by atoms with Gasteiger partial charge in [0.05, 0.1) is 5.52 Å². The van der Waals surface area contributed by atoms with E-state index in [1.807, 2.05) is 31.2 Å². The van der Waals surface area contributed by atoms with Crippen molar-refractivity contribution in [2.45, 2.75) is 26.4 Å². The van der Waals surface area contributed by atoms with E-state index in [1.165, 1.54) is 11.5 Å². The van der Waals surface area contributed by atoms with Crippen molar-refractivity contribution in [2.75, 3.05) is 0 Å². The highest BCUT2D eigenvalue weighted by Gasteiger charge is 2.31. The van der Waals surface area contributed by atoms with Crippen LogP contribution in [0.2, 0.25) is 0 Å². The lowest BCUT2D eigenvalue weighted by Gasteiger charge is -2.20. The minimum atomic E-state index is -0.407. The number of carbonyl (C=O) groups is 2. The lowest BCUT2D eigenvalue weighted by Crippen LogP contribution is -2.27. The Morgan fingerprint density at radius 2 is 2.11 bits per heavy atom. The number of aromatic nitrogens is 1. The molecule has 0 radical (unpaired) electrons. The maximum atomic E-state index is 12.0. The molecule has 0 saturated carbocycles. The first-order valence-electron chi connectivity index (χ1n) is 5.94. The van der Waals surface area contributed by atoms with Crippen LogP contribution in [-0.2, 0) is 11.2 Å². The summed E-state index contributed by atoms with van der Waals surface area (Å²) in [5.41, 5.74) is 2.09. The Kier molecular flexibility index (Phi) is 2.26. The van der Waals surface area contributed by atoms with Crippen molar-refractivity contribution in [3.8, 4) is 0 Å². The predicted molar refractivity (Wildman–Crippen MR) is 66.8 cm³/mol. The number of nitrogens with zero attached hydrogens (tertiary/aromatic N) is 1. The van der Waals surface area contributed by atoms with Gasteiger partial charge >= 0.3 is 5.97 Å². The van der Waals surface area contributed by atoms with E-state index in [2.05, 4.69) is 0 Å². The van der Waals surface area contributed by atoms with Crippen LogP contribution in [0.15, 0.2) is 24.3 Å². The molecule has 3 rings (SSSR count). The molecule has 0 amide bonds. The second kappa shape index (κ2) is 3.70. The van der Waals surface area contributed by atoms with Gasteiger partial charge in [0.25, 0.3) is 0 Å². The number of rotatable bonds is 0. The molecule has 2 aromatic rings. The number of esters is 1. The minimum absolute atomic E-state index is 0.142. The summed E-state index contributed by atoms with van der Waals surface area (Å²) in [6.07, 6.45) is 0.512. The summed E-state index contributed by atoms with van der Waals surface area (Å²) in [6, 6.07) is 7.58. The lowest BCUT2D eigenvalue weighted by molar-refractivity contribution is 0.0286. The molecule has 1 unspecified atom stereocenters. The summed E-state index contributed by atoms with van der Waals surface area (Å²) < 4.78 is 6.68. The maximum absolute atomic E-state index is 12.0. The third-order valence-corrected chi connectivity index (χ3v) is 3.29. The molecule has 0 aliphatic carbocycles. The third-order valence-electron chi connectivity index (χ3n) is 3.29. The fourth-order valence-electron chi connectivity index (χ4n) is 2.62. The Balaban J connectivity index is 2.43. The summed E-state index contributed by atoms with van der Waals surface area (Å²) >= 11 is 0. The van der Waals surface area contributed by atoms with Gasteiger partial charge in [0.1, 0.15) is 11.8 Å². The third kappa shape index (κ3) is 1.38. The average Bonchev–Trinajstić information content (AvgIpc) is 2.64. The Morgan fingerprint density at radius 3 is 2.83 bits per heavy atom. The van der Waals surface area contributed by atoms with Crippen molar-refractivity contribution in [3.63, 3.8) is 0 Å². The van der Waals surface area contributed by atoms with Gasteiger partial charge in [0.2, 0.25) is 5.91 Å². The van der Waals surface area contributed by atoms with Crippen LogP contribution in [0.5, 0.6) is 0 Å². The normalized spacial score (nSPS) is 18.6. The first-order valence-corrected chi connectivity index (χ1v) is 5.94. The number of carbonyl (C=O) groups excluding carboxylic acids is 2. The van der Waals surface area contributed by atoms with Crippen LogP contribution < -0.4 is 0 Å². The fraction of sp³-hybridized carbons (Fsp3) is 0.286. The largest absolute Gasteiger partial charge is 0.458 e. The molecular weight excluding hydrogens is 230 g/mol. The zero-order valence-electron chi connectivity index (χ0n) is 10.3. The van der Waals surface area contributed by atoms with Gasteiger partial charge in [0.15, 0.2) is 0 Å². The first-order chi connectivity index (χ1) is 8.59. The molecule has 1 aromatic carbocycles. The minimum Gasteiger partial charge on any atom is -0.458 e. The Bertz CT molecular complexity index is 669. The molecule has 0 fully saturated rings. The van der Waals surface area contributed by atoms with E-state index < -0.39 is 5.97 Å². The van der Waals surface area contributed by atoms with Crippen LogP contribution in [0.4, 0.5) is 0 Å². The summed E-state index contributed by atoms with van der Waals surface area (Å²) in [5, 5.41) is 0.964. The van der Waals surface area contributed by atoms with Gasteiger partial charge in [0, 0.05) is 18.7 Å². The summed E-state index contributed by atoms with van der Waals surface area (Å²) in [6.45, 7) is 3.32. The smallest absolute Gasteiger partial charge is 0.356 e. The monoisotopic (exact) mass is 243 g/mol. The SMILES string of the molecule is CC(=O)n1c2c(c3ccccc31)CC(C)OC2=O. The molecule has 0 saturated heterocycles. The molecule has 1 aliphatic rings. The van der Waals surface area contributed by atoms with Crippen molar-refractivity contribution < 1.29 is 14.3 Å². The summed E-state index contributed by atoms with van der Waals surface area (Å²) in [4.78, 5) is 23.8.